The summed E-state index contributed by atoms with van der Waals surface area (Å²) in [7, 11) is 0. The third kappa shape index (κ3) is 3.47. The molecule has 2 aromatic rings. The Hall–Kier alpha value is -1.34. The fourth-order valence-corrected chi connectivity index (χ4v) is 2.84. The van der Waals surface area contributed by atoms with Crippen LogP contribution >= 0.6 is 46.1 Å². The second-order valence-electron chi connectivity index (χ2n) is 3.84. The Kier molecular flexibility index (Phi) is 5.05. The number of amides is 1. The Morgan fingerprint density at radius 3 is 2.57 bits per heavy atom. The van der Waals surface area contributed by atoms with Crippen LogP contribution in [0.15, 0.2) is 23.7 Å². The molecule has 21 heavy (non-hydrogen) atoms. The molecule has 1 atom stereocenters. The topological polar surface area (TPSA) is 79.3 Å². The molecule has 1 unspecified atom stereocenters. The Bertz CT molecular complexity index is 691. The van der Waals surface area contributed by atoms with Crippen molar-refractivity contribution in [2.75, 3.05) is 0 Å². The molecule has 0 aliphatic heterocycles. The zero-order valence-electron chi connectivity index (χ0n) is 10.1. The second kappa shape index (κ2) is 6.62. The molecule has 9 heteroatoms. The number of carbonyl (C=O) groups is 2. The average molecular weight is 366 g/mol. The first-order valence-electron chi connectivity index (χ1n) is 5.48. The third-order valence-electron chi connectivity index (χ3n) is 2.48. The van der Waals surface area contributed by atoms with E-state index in [-0.39, 0.29) is 20.8 Å². The molecule has 0 aromatic carbocycles. The highest BCUT2D eigenvalue weighted by atomic mass is 35.5. The van der Waals surface area contributed by atoms with Crippen LogP contribution < -0.4 is 5.32 Å². The number of aliphatic carboxylic acids is 1. The number of halogens is 3. The first kappa shape index (κ1) is 16.0. The van der Waals surface area contributed by atoms with Gasteiger partial charge in [0, 0.05) is 11.1 Å². The molecule has 5 nitrogen and oxygen atoms in total. The van der Waals surface area contributed by atoms with Gasteiger partial charge in [-0.15, -0.1) is 11.3 Å². The molecule has 0 saturated carbocycles. The monoisotopic (exact) mass is 364 g/mol. The Morgan fingerprint density at radius 1 is 1.29 bits per heavy atom. The molecule has 110 valence electrons. The second-order valence-corrected chi connectivity index (χ2v) is 5.99. The highest BCUT2D eigenvalue weighted by Gasteiger charge is 2.26. The smallest absolute Gasteiger partial charge is 0.331 e. The van der Waals surface area contributed by atoms with Gasteiger partial charge in [-0.2, -0.15) is 0 Å². The molecule has 0 spiro atoms. The van der Waals surface area contributed by atoms with Crippen molar-refractivity contribution < 1.29 is 14.7 Å². The highest BCUT2D eigenvalue weighted by Crippen LogP contribution is 2.31. The van der Waals surface area contributed by atoms with Crippen LogP contribution in [0.25, 0.3) is 0 Å². The Balaban J connectivity index is 2.28. The largest absolute Gasteiger partial charge is 0.479 e. The van der Waals surface area contributed by atoms with E-state index in [1.54, 1.807) is 17.5 Å². The number of pyridine rings is 1. The van der Waals surface area contributed by atoms with Crippen LogP contribution in [-0.4, -0.2) is 22.0 Å². The summed E-state index contributed by atoms with van der Waals surface area (Å²) in [5.41, 5.74) is -0.186. The molecule has 0 saturated heterocycles. The zero-order valence-corrected chi connectivity index (χ0v) is 13.2. The maximum atomic E-state index is 12.1. The highest BCUT2D eigenvalue weighted by molar-refractivity contribution is 7.10. The SMILES string of the molecule is O=C(NC(C(=O)O)c1cccs1)c1ncc(Cl)c(Cl)c1Cl. The van der Waals surface area contributed by atoms with Gasteiger partial charge in [-0.3, -0.25) is 4.79 Å². The lowest BCUT2D eigenvalue weighted by atomic mass is 10.2. The molecule has 1 amide bonds. The van der Waals surface area contributed by atoms with E-state index in [1.165, 1.54) is 17.5 Å². The van der Waals surface area contributed by atoms with Gasteiger partial charge in [0.15, 0.2) is 6.04 Å². The van der Waals surface area contributed by atoms with Gasteiger partial charge in [0.1, 0.15) is 5.69 Å². The normalized spacial score (nSPS) is 12.0. The van der Waals surface area contributed by atoms with Crippen molar-refractivity contribution in [1.29, 1.82) is 0 Å². The molecule has 0 fully saturated rings. The van der Waals surface area contributed by atoms with E-state index < -0.39 is 17.9 Å². The van der Waals surface area contributed by atoms with Crippen LogP contribution in [0.3, 0.4) is 0 Å². The molecule has 2 rings (SSSR count). The summed E-state index contributed by atoms with van der Waals surface area (Å²) >= 11 is 18.7. The van der Waals surface area contributed by atoms with E-state index >= 15 is 0 Å². The van der Waals surface area contributed by atoms with Gasteiger partial charge in [0.25, 0.3) is 5.91 Å². The van der Waals surface area contributed by atoms with Gasteiger partial charge in [0.2, 0.25) is 0 Å². The lowest BCUT2D eigenvalue weighted by molar-refractivity contribution is -0.139. The molecular formula is C12H7Cl3N2O3S. The van der Waals surface area contributed by atoms with Gasteiger partial charge in [-0.1, -0.05) is 40.9 Å². The number of hydrogen-bond donors (Lipinski definition) is 2. The van der Waals surface area contributed by atoms with E-state index in [0.717, 1.165) is 0 Å². The minimum Gasteiger partial charge on any atom is -0.479 e. The summed E-state index contributed by atoms with van der Waals surface area (Å²) in [6.07, 6.45) is 1.17. The number of hydrogen-bond acceptors (Lipinski definition) is 4. The molecule has 0 aliphatic carbocycles. The first-order chi connectivity index (χ1) is 9.91. The summed E-state index contributed by atoms with van der Waals surface area (Å²) in [5, 5.41) is 13.2. The van der Waals surface area contributed by atoms with Gasteiger partial charge in [-0.25, -0.2) is 9.78 Å². The van der Waals surface area contributed by atoms with Gasteiger partial charge >= 0.3 is 5.97 Å². The van der Waals surface area contributed by atoms with Crippen LogP contribution in [-0.2, 0) is 4.79 Å². The van der Waals surface area contributed by atoms with Crippen molar-refractivity contribution >= 4 is 58.0 Å². The lowest BCUT2D eigenvalue weighted by Crippen LogP contribution is -2.33. The van der Waals surface area contributed by atoms with E-state index in [4.69, 9.17) is 34.8 Å². The number of aromatic nitrogens is 1. The number of nitrogens with one attached hydrogen (secondary N) is 1. The number of rotatable bonds is 4. The van der Waals surface area contributed by atoms with Crippen molar-refractivity contribution in [2.24, 2.45) is 0 Å². The number of carboxylic acids is 1. The van der Waals surface area contributed by atoms with Crippen molar-refractivity contribution in [3.8, 4) is 0 Å². The molecule has 2 aromatic heterocycles. The van der Waals surface area contributed by atoms with Gasteiger partial charge in [-0.05, 0) is 11.4 Å². The Morgan fingerprint density at radius 2 is 2.00 bits per heavy atom. The van der Waals surface area contributed by atoms with Crippen LogP contribution in [0, 0.1) is 0 Å². The number of nitrogens with zero attached hydrogens (tertiary/aromatic N) is 1. The summed E-state index contributed by atoms with van der Waals surface area (Å²) in [5.74, 6) is -1.94. The quantitative estimate of drug-likeness (QED) is 0.866. The molecule has 0 bridgehead atoms. The lowest BCUT2D eigenvalue weighted by Gasteiger charge is -2.13. The number of carbonyl (C=O) groups excluding carboxylic acids is 1. The molecule has 2 N–H and O–H groups in total. The summed E-state index contributed by atoms with van der Waals surface area (Å²) in [4.78, 5) is 27.6. The van der Waals surface area contributed by atoms with Crippen molar-refractivity contribution in [1.82, 2.24) is 10.3 Å². The van der Waals surface area contributed by atoms with Crippen LogP contribution in [0.5, 0.6) is 0 Å². The summed E-state index contributed by atoms with van der Waals surface area (Å²) < 4.78 is 0. The van der Waals surface area contributed by atoms with E-state index in [9.17, 15) is 14.7 Å². The van der Waals surface area contributed by atoms with Gasteiger partial charge < -0.3 is 10.4 Å². The van der Waals surface area contributed by atoms with Crippen molar-refractivity contribution in [3.63, 3.8) is 0 Å². The Labute approximate surface area is 138 Å². The molecule has 0 aliphatic rings. The summed E-state index contributed by atoms with van der Waals surface area (Å²) in [6, 6.07) is 2.10. The predicted octanol–water partition coefficient (Wildman–Crippen LogP) is 3.66. The van der Waals surface area contributed by atoms with E-state index in [0.29, 0.717) is 4.88 Å². The maximum absolute atomic E-state index is 12.1. The fraction of sp³-hybridized carbons (Fsp3) is 0.0833. The number of carboxylic acid groups (broad SMARTS) is 1. The molecule has 0 radical (unpaired) electrons. The van der Waals surface area contributed by atoms with Crippen LogP contribution in [0.4, 0.5) is 0 Å². The molecule has 2 heterocycles. The minimum atomic E-state index is -1.19. The van der Waals surface area contributed by atoms with E-state index in [2.05, 4.69) is 10.3 Å². The van der Waals surface area contributed by atoms with Crippen molar-refractivity contribution in [2.45, 2.75) is 6.04 Å². The van der Waals surface area contributed by atoms with Crippen molar-refractivity contribution in [3.05, 3.63) is 49.3 Å². The van der Waals surface area contributed by atoms with E-state index in [1.807, 2.05) is 0 Å². The zero-order chi connectivity index (χ0) is 15.6. The molecular weight excluding hydrogens is 359 g/mol. The average Bonchev–Trinajstić information content (AvgIpc) is 2.95. The van der Waals surface area contributed by atoms with Crippen LogP contribution in [0.1, 0.15) is 21.4 Å². The summed E-state index contributed by atoms with van der Waals surface area (Å²) in [6.45, 7) is 0. The maximum Gasteiger partial charge on any atom is 0.331 e. The first-order valence-corrected chi connectivity index (χ1v) is 7.49. The fourth-order valence-electron chi connectivity index (χ4n) is 1.51. The number of thiophene rings is 1. The van der Waals surface area contributed by atoms with Crippen LogP contribution in [0.2, 0.25) is 15.1 Å². The minimum absolute atomic E-state index is 0.0125. The van der Waals surface area contributed by atoms with Gasteiger partial charge in [0.05, 0.1) is 15.1 Å². The standard InChI is InChI=1S/C12H7Cl3N2O3S/c13-5-4-16-10(8(15)7(5)14)11(18)17-9(12(19)20)6-2-1-3-21-6/h1-4,9H,(H,17,18)(H,19,20). The predicted molar refractivity (Wildman–Crippen MR) is 81.4 cm³/mol. The third-order valence-corrected chi connectivity index (χ3v) is 4.66.